The van der Waals surface area contributed by atoms with Gasteiger partial charge in [-0.1, -0.05) is 6.08 Å². The van der Waals surface area contributed by atoms with E-state index >= 15 is 0 Å². The summed E-state index contributed by atoms with van der Waals surface area (Å²) in [4.78, 5) is 16.4. The topological polar surface area (TPSA) is 47.3 Å². The zero-order chi connectivity index (χ0) is 13.1. The fourth-order valence-electron chi connectivity index (χ4n) is 2.27. The van der Waals surface area contributed by atoms with Crippen LogP contribution in [0.1, 0.15) is 26.7 Å². The van der Waals surface area contributed by atoms with Gasteiger partial charge in [0.15, 0.2) is 0 Å². The van der Waals surface area contributed by atoms with Gasteiger partial charge in [0.1, 0.15) is 11.6 Å². The van der Waals surface area contributed by atoms with E-state index in [1.807, 2.05) is 11.0 Å². The van der Waals surface area contributed by atoms with Crippen LogP contribution in [0.3, 0.4) is 0 Å². The molecule has 4 nitrogen and oxygen atoms in total. The molecule has 4 heteroatoms. The van der Waals surface area contributed by atoms with Crippen molar-refractivity contribution in [2.75, 3.05) is 26.2 Å². The van der Waals surface area contributed by atoms with Crippen molar-refractivity contribution in [2.24, 2.45) is 5.92 Å². The number of amides is 1. The molecule has 1 aliphatic carbocycles. The summed E-state index contributed by atoms with van der Waals surface area (Å²) in [6.07, 6.45) is 4.11. The molecular weight excluding hydrogens is 226 g/mol. The number of hydrogen-bond acceptors (Lipinski definition) is 3. The average Bonchev–Trinajstić information content (AvgIpc) is 3.19. The third-order valence-electron chi connectivity index (χ3n) is 3.71. The largest absolute Gasteiger partial charge is 0.335 e. The Balaban J connectivity index is 1.92. The van der Waals surface area contributed by atoms with Crippen LogP contribution in [0.25, 0.3) is 0 Å². The van der Waals surface area contributed by atoms with Crippen LogP contribution in [-0.2, 0) is 4.79 Å². The van der Waals surface area contributed by atoms with Gasteiger partial charge in [0.2, 0.25) is 0 Å². The van der Waals surface area contributed by atoms with E-state index in [0.29, 0.717) is 17.5 Å². The van der Waals surface area contributed by atoms with Crippen LogP contribution in [0.15, 0.2) is 11.6 Å². The van der Waals surface area contributed by atoms with Crippen molar-refractivity contribution in [3.05, 3.63) is 11.6 Å². The Morgan fingerprint density at radius 3 is 2.33 bits per heavy atom. The molecule has 0 aromatic heterocycles. The summed E-state index contributed by atoms with van der Waals surface area (Å²) in [5, 5.41) is 9.07. The summed E-state index contributed by atoms with van der Waals surface area (Å²) >= 11 is 0. The van der Waals surface area contributed by atoms with Crippen LogP contribution in [0.5, 0.6) is 0 Å². The Labute approximate surface area is 109 Å². The van der Waals surface area contributed by atoms with Gasteiger partial charge in [-0.15, -0.1) is 0 Å². The molecule has 18 heavy (non-hydrogen) atoms. The molecule has 2 rings (SSSR count). The molecule has 2 aliphatic rings. The summed E-state index contributed by atoms with van der Waals surface area (Å²) < 4.78 is 0. The molecule has 0 spiro atoms. The molecule has 0 radical (unpaired) electrons. The van der Waals surface area contributed by atoms with Crippen LogP contribution in [0.4, 0.5) is 0 Å². The van der Waals surface area contributed by atoms with E-state index < -0.39 is 0 Å². The van der Waals surface area contributed by atoms with Gasteiger partial charge in [0.05, 0.1) is 0 Å². The molecule has 0 N–H and O–H groups in total. The van der Waals surface area contributed by atoms with Crippen LogP contribution in [0.2, 0.25) is 0 Å². The zero-order valence-electron chi connectivity index (χ0n) is 11.2. The minimum absolute atomic E-state index is 0.0761. The van der Waals surface area contributed by atoms with E-state index in [-0.39, 0.29) is 5.91 Å². The predicted molar refractivity (Wildman–Crippen MR) is 69.7 cm³/mol. The Bertz CT molecular complexity index is 382. The summed E-state index contributed by atoms with van der Waals surface area (Å²) in [6.45, 7) is 7.63. The van der Waals surface area contributed by atoms with Crippen LogP contribution in [0, 0.1) is 17.2 Å². The Morgan fingerprint density at radius 2 is 1.89 bits per heavy atom. The second-order valence-electron chi connectivity index (χ2n) is 5.45. The third-order valence-corrected chi connectivity index (χ3v) is 3.71. The Morgan fingerprint density at radius 1 is 1.28 bits per heavy atom. The van der Waals surface area contributed by atoms with E-state index in [4.69, 9.17) is 5.26 Å². The van der Waals surface area contributed by atoms with Crippen molar-refractivity contribution in [3.63, 3.8) is 0 Å². The first kappa shape index (κ1) is 13.1. The van der Waals surface area contributed by atoms with Gasteiger partial charge < -0.3 is 4.90 Å². The van der Waals surface area contributed by atoms with E-state index in [1.54, 1.807) is 0 Å². The summed E-state index contributed by atoms with van der Waals surface area (Å²) in [7, 11) is 0. The van der Waals surface area contributed by atoms with Crippen molar-refractivity contribution >= 4 is 5.91 Å². The monoisotopic (exact) mass is 247 g/mol. The Hall–Kier alpha value is -1.34. The molecular formula is C14H21N3O. The number of hydrogen-bond donors (Lipinski definition) is 0. The second-order valence-corrected chi connectivity index (χ2v) is 5.45. The van der Waals surface area contributed by atoms with Gasteiger partial charge in [0, 0.05) is 32.2 Å². The van der Waals surface area contributed by atoms with Crippen LogP contribution < -0.4 is 0 Å². The highest BCUT2D eigenvalue weighted by atomic mass is 16.2. The normalized spacial score (nSPS) is 22.1. The standard InChI is InChI=1S/C14H21N3O/c1-11(2)16-5-7-17(8-6-16)14(18)13(10-15)9-12-3-4-12/h9,11-12H,3-8H2,1-2H3/b13-9-. The van der Waals surface area contributed by atoms with Crippen molar-refractivity contribution in [3.8, 4) is 6.07 Å². The highest BCUT2D eigenvalue weighted by Gasteiger charge is 2.27. The number of nitriles is 1. The number of carbonyl (C=O) groups excluding carboxylic acids is 1. The second kappa shape index (κ2) is 5.53. The molecule has 1 amide bonds. The number of allylic oxidation sites excluding steroid dienone is 1. The van der Waals surface area contributed by atoms with Crippen molar-refractivity contribution < 1.29 is 4.79 Å². The lowest BCUT2D eigenvalue weighted by molar-refractivity contribution is -0.128. The number of piperazine rings is 1. The number of carbonyl (C=O) groups is 1. The van der Waals surface area contributed by atoms with Gasteiger partial charge in [0.25, 0.3) is 5.91 Å². The quantitative estimate of drug-likeness (QED) is 0.559. The van der Waals surface area contributed by atoms with Crippen molar-refractivity contribution in [2.45, 2.75) is 32.7 Å². The number of nitrogens with zero attached hydrogens (tertiary/aromatic N) is 3. The maximum absolute atomic E-state index is 12.2. The average molecular weight is 247 g/mol. The SMILES string of the molecule is CC(C)N1CCN(C(=O)/C(C#N)=C\C2CC2)CC1. The summed E-state index contributed by atoms with van der Waals surface area (Å²) in [6, 6.07) is 2.59. The molecule has 0 bridgehead atoms. The van der Waals surface area contributed by atoms with E-state index in [1.165, 1.54) is 0 Å². The van der Waals surface area contributed by atoms with Gasteiger partial charge in [-0.05, 0) is 32.6 Å². The minimum Gasteiger partial charge on any atom is -0.335 e. The molecule has 1 saturated heterocycles. The summed E-state index contributed by atoms with van der Waals surface area (Å²) in [5.41, 5.74) is 0.343. The molecule has 2 fully saturated rings. The fourth-order valence-corrected chi connectivity index (χ4v) is 2.27. The van der Waals surface area contributed by atoms with Crippen LogP contribution in [-0.4, -0.2) is 47.9 Å². The first-order valence-corrected chi connectivity index (χ1v) is 6.77. The Kier molecular flexibility index (Phi) is 4.03. The van der Waals surface area contributed by atoms with Crippen molar-refractivity contribution in [1.82, 2.24) is 9.80 Å². The van der Waals surface area contributed by atoms with Crippen LogP contribution >= 0.6 is 0 Å². The lowest BCUT2D eigenvalue weighted by Gasteiger charge is -2.36. The molecule has 1 heterocycles. The first-order valence-electron chi connectivity index (χ1n) is 6.77. The first-order chi connectivity index (χ1) is 8.61. The smallest absolute Gasteiger partial charge is 0.264 e. The van der Waals surface area contributed by atoms with Crippen molar-refractivity contribution in [1.29, 1.82) is 5.26 Å². The lowest BCUT2D eigenvalue weighted by Crippen LogP contribution is -2.51. The molecule has 0 unspecified atom stereocenters. The molecule has 1 aliphatic heterocycles. The van der Waals surface area contributed by atoms with Gasteiger partial charge in [-0.3, -0.25) is 9.69 Å². The molecule has 0 aromatic carbocycles. The fraction of sp³-hybridized carbons (Fsp3) is 0.714. The highest BCUT2D eigenvalue weighted by Crippen LogP contribution is 2.31. The predicted octanol–water partition coefficient (Wildman–Crippen LogP) is 1.40. The van der Waals surface area contributed by atoms with Gasteiger partial charge >= 0.3 is 0 Å². The highest BCUT2D eigenvalue weighted by molar-refractivity contribution is 5.97. The van der Waals surface area contributed by atoms with Gasteiger partial charge in [-0.2, -0.15) is 5.26 Å². The molecule has 1 saturated carbocycles. The van der Waals surface area contributed by atoms with E-state index in [2.05, 4.69) is 24.8 Å². The maximum Gasteiger partial charge on any atom is 0.264 e. The maximum atomic E-state index is 12.2. The summed E-state index contributed by atoms with van der Waals surface area (Å²) in [5.74, 6) is 0.397. The molecule has 98 valence electrons. The zero-order valence-corrected chi connectivity index (χ0v) is 11.2. The van der Waals surface area contributed by atoms with E-state index in [0.717, 1.165) is 39.0 Å². The van der Waals surface area contributed by atoms with Gasteiger partial charge in [-0.25, -0.2) is 0 Å². The molecule has 0 aromatic rings. The van der Waals surface area contributed by atoms with E-state index in [9.17, 15) is 4.79 Å². The minimum atomic E-state index is -0.0761. The lowest BCUT2D eigenvalue weighted by atomic mass is 10.1. The third kappa shape index (κ3) is 3.11. The molecule has 0 atom stereocenters. The number of rotatable bonds is 3.